The summed E-state index contributed by atoms with van der Waals surface area (Å²) in [4.78, 5) is 18.5. The zero-order chi connectivity index (χ0) is 14.2. The third-order valence-electron chi connectivity index (χ3n) is 2.88. The van der Waals surface area contributed by atoms with Gasteiger partial charge in [0, 0.05) is 15.7 Å². The van der Waals surface area contributed by atoms with E-state index in [4.69, 9.17) is 0 Å². The molecule has 2 rings (SSSR count). The van der Waals surface area contributed by atoms with Gasteiger partial charge in [0.15, 0.2) is 5.13 Å². The summed E-state index contributed by atoms with van der Waals surface area (Å²) in [6.07, 6.45) is 0. The number of anilines is 1. The van der Waals surface area contributed by atoms with E-state index in [-0.39, 0.29) is 11.3 Å². The number of rotatable bonds is 2. The van der Waals surface area contributed by atoms with Gasteiger partial charge in [-0.15, -0.1) is 22.7 Å². The van der Waals surface area contributed by atoms with Crippen molar-refractivity contribution in [2.24, 2.45) is 0 Å². The summed E-state index contributed by atoms with van der Waals surface area (Å²) < 4.78 is 0. The van der Waals surface area contributed by atoms with Crippen LogP contribution in [0.15, 0.2) is 11.4 Å². The number of thiazole rings is 1. The lowest BCUT2D eigenvalue weighted by molar-refractivity contribution is 0.103. The standard InChI is InChI=1S/C14H18N2OS2/c1-8-6-10(19-9(8)2)12(17)16-13-15-11(7-18-13)14(3,4)5/h6-7H,1-5H3,(H,15,16,17). The highest BCUT2D eigenvalue weighted by molar-refractivity contribution is 7.15. The summed E-state index contributed by atoms with van der Waals surface area (Å²) in [6, 6.07) is 1.92. The second-order valence-electron chi connectivity index (χ2n) is 5.59. The fraction of sp³-hybridized carbons (Fsp3) is 0.429. The molecule has 0 spiro atoms. The lowest BCUT2D eigenvalue weighted by Crippen LogP contribution is -2.13. The average Bonchev–Trinajstić information content (AvgIpc) is 2.86. The Morgan fingerprint density at radius 2 is 2.00 bits per heavy atom. The number of nitrogens with zero attached hydrogens (tertiary/aromatic N) is 1. The highest BCUT2D eigenvalue weighted by Gasteiger charge is 2.19. The molecule has 3 nitrogen and oxygen atoms in total. The normalized spacial score (nSPS) is 11.6. The van der Waals surface area contributed by atoms with Crippen LogP contribution in [0.5, 0.6) is 0 Å². The maximum atomic E-state index is 12.1. The molecule has 0 saturated heterocycles. The van der Waals surface area contributed by atoms with Gasteiger partial charge in [-0.3, -0.25) is 10.1 Å². The van der Waals surface area contributed by atoms with Crippen LogP contribution in [0.25, 0.3) is 0 Å². The topological polar surface area (TPSA) is 42.0 Å². The molecule has 0 fully saturated rings. The third-order valence-corrected chi connectivity index (χ3v) is 4.79. The number of nitrogens with one attached hydrogen (secondary N) is 1. The molecule has 0 saturated carbocycles. The fourth-order valence-corrected chi connectivity index (χ4v) is 3.38. The van der Waals surface area contributed by atoms with Crippen molar-refractivity contribution in [3.63, 3.8) is 0 Å². The monoisotopic (exact) mass is 294 g/mol. The zero-order valence-corrected chi connectivity index (χ0v) is 13.5. The first-order valence-corrected chi connectivity index (χ1v) is 7.81. The number of hydrogen-bond donors (Lipinski definition) is 1. The average molecular weight is 294 g/mol. The summed E-state index contributed by atoms with van der Waals surface area (Å²) in [5.74, 6) is -0.0731. The smallest absolute Gasteiger partial charge is 0.267 e. The van der Waals surface area contributed by atoms with Crippen molar-refractivity contribution in [2.45, 2.75) is 40.0 Å². The molecule has 2 aromatic rings. The highest BCUT2D eigenvalue weighted by Crippen LogP contribution is 2.27. The van der Waals surface area contributed by atoms with Crippen LogP contribution in [0, 0.1) is 13.8 Å². The molecule has 102 valence electrons. The number of aryl methyl sites for hydroxylation is 2. The first kappa shape index (κ1) is 14.2. The van der Waals surface area contributed by atoms with Crippen molar-refractivity contribution in [1.29, 1.82) is 0 Å². The second kappa shape index (κ2) is 5.06. The predicted molar refractivity (Wildman–Crippen MR) is 82.6 cm³/mol. The molecule has 0 aliphatic carbocycles. The first-order valence-electron chi connectivity index (χ1n) is 6.12. The Labute approximate surface area is 121 Å². The van der Waals surface area contributed by atoms with Gasteiger partial charge in [-0.05, 0) is 25.5 Å². The minimum atomic E-state index is -0.0731. The predicted octanol–water partition coefficient (Wildman–Crippen LogP) is 4.37. The Bertz CT molecular complexity index is 586. The molecule has 19 heavy (non-hydrogen) atoms. The van der Waals surface area contributed by atoms with Crippen LogP contribution in [0.1, 0.15) is 46.6 Å². The molecule has 1 amide bonds. The minimum Gasteiger partial charge on any atom is -0.297 e. The number of aromatic nitrogens is 1. The molecular formula is C14H18N2OS2. The number of thiophene rings is 1. The molecule has 0 unspecified atom stereocenters. The molecule has 0 radical (unpaired) electrons. The molecule has 0 aliphatic heterocycles. The van der Waals surface area contributed by atoms with Gasteiger partial charge < -0.3 is 0 Å². The number of carbonyl (C=O) groups is 1. The Hall–Kier alpha value is -1.20. The summed E-state index contributed by atoms with van der Waals surface area (Å²) in [5, 5.41) is 5.54. The van der Waals surface area contributed by atoms with Crippen LogP contribution in [-0.2, 0) is 5.41 Å². The van der Waals surface area contributed by atoms with Crippen molar-refractivity contribution in [3.05, 3.63) is 32.5 Å². The van der Waals surface area contributed by atoms with Crippen molar-refractivity contribution in [3.8, 4) is 0 Å². The molecule has 0 aliphatic rings. The van der Waals surface area contributed by atoms with E-state index in [1.807, 2.05) is 25.3 Å². The second-order valence-corrected chi connectivity index (χ2v) is 7.71. The lowest BCUT2D eigenvalue weighted by atomic mass is 9.93. The maximum absolute atomic E-state index is 12.1. The van der Waals surface area contributed by atoms with Crippen molar-refractivity contribution in [2.75, 3.05) is 5.32 Å². The summed E-state index contributed by atoms with van der Waals surface area (Å²) in [7, 11) is 0. The van der Waals surface area contributed by atoms with Crippen LogP contribution < -0.4 is 5.32 Å². The van der Waals surface area contributed by atoms with Gasteiger partial charge in [-0.25, -0.2) is 4.98 Å². The number of amides is 1. The summed E-state index contributed by atoms with van der Waals surface area (Å²) in [6.45, 7) is 10.4. The molecule has 0 aromatic carbocycles. The van der Waals surface area contributed by atoms with Crippen LogP contribution in [-0.4, -0.2) is 10.9 Å². The van der Waals surface area contributed by atoms with E-state index in [9.17, 15) is 4.79 Å². The SMILES string of the molecule is Cc1cc(C(=O)Nc2nc(C(C)(C)C)cs2)sc1C. The van der Waals surface area contributed by atoms with Gasteiger partial charge in [0.2, 0.25) is 0 Å². The Morgan fingerprint density at radius 1 is 1.32 bits per heavy atom. The van der Waals surface area contributed by atoms with E-state index in [2.05, 4.69) is 31.1 Å². The van der Waals surface area contributed by atoms with E-state index in [1.54, 1.807) is 0 Å². The molecule has 0 atom stereocenters. The summed E-state index contributed by atoms with van der Waals surface area (Å²) >= 11 is 2.99. The van der Waals surface area contributed by atoms with E-state index in [0.717, 1.165) is 16.1 Å². The van der Waals surface area contributed by atoms with E-state index < -0.39 is 0 Å². The highest BCUT2D eigenvalue weighted by atomic mass is 32.1. The quantitative estimate of drug-likeness (QED) is 0.893. The first-order chi connectivity index (χ1) is 8.77. The Morgan fingerprint density at radius 3 is 2.47 bits per heavy atom. The van der Waals surface area contributed by atoms with Crippen LogP contribution in [0.3, 0.4) is 0 Å². The summed E-state index contributed by atoms with van der Waals surface area (Å²) in [5.41, 5.74) is 2.17. The maximum Gasteiger partial charge on any atom is 0.267 e. The van der Waals surface area contributed by atoms with Crippen molar-refractivity contribution < 1.29 is 4.79 Å². The third kappa shape index (κ3) is 3.22. The van der Waals surface area contributed by atoms with Gasteiger partial charge in [-0.1, -0.05) is 20.8 Å². The fourth-order valence-electron chi connectivity index (χ4n) is 1.52. The molecule has 2 aromatic heterocycles. The van der Waals surface area contributed by atoms with Gasteiger partial charge in [0.25, 0.3) is 5.91 Å². The number of hydrogen-bond acceptors (Lipinski definition) is 4. The largest absolute Gasteiger partial charge is 0.297 e. The van der Waals surface area contributed by atoms with E-state index in [1.165, 1.54) is 27.6 Å². The van der Waals surface area contributed by atoms with E-state index in [0.29, 0.717) is 5.13 Å². The van der Waals surface area contributed by atoms with Gasteiger partial charge in [0.1, 0.15) is 0 Å². The molecule has 2 heterocycles. The van der Waals surface area contributed by atoms with Crippen LogP contribution >= 0.6 is 22.7 Å². The minimum absolute atomic E-state index is 0.00951. The van der Waals surface area contributed by atoms with Gasteiger partial charge in [-0.2, -0.15) is 0 Å². The Balaban J connectivity index is 2.13. The number of carbonyl (C=O) groups excluding carboxylic acids is 1. The van der Waals surface area contributed by atoms with Crippen molar-refractivity contribution in [1.82, 2.24) is 4.98 Å². The molecule has 0 bridgehead atoms. The molecule has 5 heteroatoms. The lowest BCUT2D eigenvalue weighted by Gasteiger charge is -2.14. The van der Waals surface area contributed by atoms with Crippen molar-refractivity contribution >= 4 is 33.7 Å². The van der Waals surface area contributed by atoms with Crippen LogP contribution in [0.2, 0.25) is 0 Å². The van der Waals surface area contributed by atoms with E-state index >= 15 is 0 Å². The van der Waals surface area contributed by atoms with Gasteiger partial charge in [0.05, 0.1) is 10.6 Å². The Kier molecular flexibility index (Phi) is 3.78. The molecular weight excluding hydrogens is 276 g/mol. The molecule has 1 N–H and O–H groups in total. The zero-order valence-electron chi connectivity index (χ0n) is 11.8. The van der Waals surface area contributed by atoms with Gasteiger partial charge >= 0.3 is 0 Å². The van der Waals surface area contributed by atoms with Crippen LogP contribution in [0.4, 0.5) is 5.13 Å².